The average Bonchev–Trinajstić information content (AvgIpc) is 2.89. The van der Waals surface area contributed by atoms with Crippen LogP contribution < -0.4 is 4.90 Å². The number of likely N-dealkylation sites (N-methyl/N-ethyl adjacent to an activating group) is 1. The summed E-state index contributed by atoms with van der Waals surface area (Å²) in [6.07, 6.45) is 5.10. The number of aliphatic carboxylic acids is 1. The minimum absolute atomic E-state index is 0.243. The largest absolute Gasteiger partial charge is 0.478 e. The third-order valence-corrected chi connectivity index (χ3v) is 3.54. The number of hydrogen-bond donors (Lipinski definition) is 1. The van der Waals surface area contributed by atoms with Crippen LogP contribution in [0.15, 0.2) is 24.3 Å². The van der Waals surface area contributed by atoms with Gasteiger partial charge in [-0.1, -0.05) is 11.6 Å². The number of hydrogen-bond acceptors (Lipinski definition) is 3. The van der Waals surface area contributed by atoms with Crippen molar-refractivity contribution in [2.45, 2.75) is 18.9 Å². The molecule has 5 heteroatoms. The van der Waals surface area contributed by atoms with Crippen LogP contribution >= 0.6 is 11.6 Å². The Labute approximate surface area is 123 Å². The van der Waals surface area contributed by atoms with E-state index >= 15 is 0 Å². The fourth-order valence-corrected chi connectivity index (χ4v) is 2.54. The molecule has 1 N–H and O–H groups in total. The smallest absolute Gasteiger partial charge is 0.328 e. The lowest BCUT2D eigenvalue weighted by atomic mass is 10.1. The molecule has 4 nitrogen and oxygen atoms in total. The van der Waals surface area contributed by atoms with Gasteiger partial charge in [-0.05, 0) is 42.7 Å². The Hall–Kier alpha value is -1.52. The van der Waals surface area contributed by atoms with Crippen molar-refractivity contribution >= 4 is 29.3 Å². The lowest BCUT2D eigenvalue weighted by Crippen LogP contribution is -2.28. The molecule has 0 amide bonds. The van der Waals surface area contributed by atoms with Crippen LogP contribution in [0.5, 0.6) is 0 Å². The molecule has 0 aliphatic carbocycles. The summed E-state index contributed by atoms with van der Waals surface area (Å²) in [4.78, 5) is 12.7. The van der Waals surface area contributed by atoms with E-state index in [-0.39, 0.29) is 6.10 Å². The maximum Gasteiger partial charge on any atom is 0.328 e. The summed E-state index contributed by atoms with van der Waals surface area (Å²) in [6.45, 7) is 1.61. The van der Waals surface area contributed by atoms with Gasteiger partial charge in [0.1, 0.15) is 0 Å². The molecular weight excluding hydrogens is 278 g/mol. The quantitative estimate of drug-likeness (QED) is 0.848. The van der Waals surface area contributed by atoms with Crippen molar-refractivity contribution in [3.8, 4) is 0 Å². The predicted octanol–water partition coefficient (Wildman–Crippen LogP) is 3.05. The molecule has 20 heavy (non-hydrogen) atoms. The molecule has 0 radical (unpaired) electrons. The molecule has 1 aliphatic heterocycles. The van der Waals surface area contributed by atoms with Gasteiger partial charge >= 0.3 is 5.97 Å². The van der Waals surface area contributed by atoms with E-state index in [1.54, 1.807) is 18.2 Å². The molecule has 1 heterocycles. The number of anilines is 1. The molecule has 2 rings (SSSR count). The van der Waals surface area contributed by atoms with E-state index in [9.17, 15) is 4.79 Å². The number of halogens is 1. The molecule has 0 saturated carbocycles. The van der Waals surface area contributed by atoms with Gasteiger partial charge in [0.15, 0.2) is 0 Å². The van der Waals surface area contributed by atoms with Crippen molar-refractivity contribution in [2.24, 2.45) is 0 Å². The maximum atomic E-state index is 10.7. The number of ether oxygens (including phenoxy) is 1. The Morgan fingerprint density at radius 3 is 3.05 bits per heavy atom. The molecule has 1 aliphatic rings. The van der Waals surface area contributed by atoms with E-state index < -0.39 is 5.97 Å². The van der Waals surface area contributed by atoms with E-state index in [1.807, 2.05) is 13.1 Å². The standard InChI is InChI=1S/C15H18ClNO3/c1-17(10-13-3-2-8-20-13)14-6-5-12(16)9-11(14)4-7-15(18)19/h4-7,9,13H,2-3,8,10H2,1H3,(H,18,19)/b7-4+. The van der Waals surface area contributed by atoms with Gasteiger partial charge in [-0.25, -0.2) is 4.79 Å². The first kappa shape index (κ1) is 14.9. The van der Waals surface area contributed by atoms with Gasteiger partial charge in [-0.15, -0.1) is 0 Å². The number of rotatable bonds is 5. The normalized spacial score (nSPS) is 18.6. The number of carboxylic acid groups (broad SMARTS) is 1. The highest BCUT2D eigenvalue weighted by atomic mass is 35.5. The molecule has 0 bridgehead atoms. The Balaban J connectivity index is 2.18. The summed E-state index contributed by atoms with van der Waals surface area (Å²) < 4.78 is 5.63. The second kappa shape index (κ2) is 6.77. The Morgan fingerprint density at radius 1 is 1.60 bits per heavy atom. The monoisotopic (exact) mass is 295 g/mol. The molecular formula is C15H18ClNO3. The third kappa shape index (κ3) is 3.99. The van der Waals surface area contributed by atoms with Crippen molar-refractivity contribution in [2.75, 3.05) is 25.1 Å². The molecule has 1 aromatic rings. The molecule has 1 aromatic carbocycles. The van der Waals surface area contributed by atoms with Crippen LogP contribution in [-0.2, 0) is 9.53 Å². The van der Waals surface area contributed by atoms with E-state index in [2.05, 4.69) is 4.90 Å². The molecule has 1 fully saturated rings. The molecule has 1 atom stereocenters. The van der Waals surface area contributed by atoms with Crippen molar-refractivity contribution in [1.29, 1.82) is 0 Å². The van der Waals surface area contributed by atoms with Crippen molar-refractivity contribution < 1.29 is 14.6 Å². The molecule has 0 aromatic heterocycles. The maximum absolute atomic E-state index is 10.7. The minimum Gasteiger partial charge on any atom is -0.478 e. The molecule has 1 saturated heterocycles. The van der Waals surface area contributed by atoms with Gasteiger partial charge in [-0.3, -0.25) is 0 Å². The summed E-state index contributed by atoms with van der Waals surface area (Å²) in [5.74, 6) is -0.974. The van der Waals surface area contributed by atoms with Gasteiger partial charge in [0.05, 0.1) is 6.10 Å². The highest BCUT2D eigenvalue weighted by Crippen LogP contribution is 2.26. The fraction of sp³-hybridized carbons (Fsp3) is 0.400. The van der Waals surface area contributed by atoms with Gasteiger partial charge < -0.3 is 14.7 Å². The van der Waals surface area contributed by atoms with Crippen LogP contribution in [0.3, 0.4) is 0 Å². The Kier molecular flexibility index (Phi) is 5.04. The molecule has 0 spiro atoms. The fourth-order valence-electron chi connectivity index (χ4n) is 2.36. The second-order valence-corrected chi connectivity index (χ2v) is 5.33. The summed E-state index contributed by atoms with van der Waals surface area (Å²) in [6, 6.07) is 5.47. The topological polar surface area (TPSA) is 49.8 Å². The van der Waals surface area contributed by atoms with E-state index in [1.165, 1.54) is 0 Å². The van der Waals surface area contributed by atoms with Crippen LogP contribution in [0.1, 0.15) is 18.4 Å². The van der Waals surface area contributed by atoms with Crippen molar-refractivity contribution in [3.05, 3.63) is 34.9 Å². The first-order valence-electron chi connectivity index (χ1n) is 6.59. The Bertz CT molecular complexity index is 510. The molecule has 1 unspecified atom stereocenters. The van der Waals surface area contributed by atoms with Gasteiger partial charge in [0, 0.05) is 37.0 Å². The second-order valence-electron chi connectivity index (χ2n) is 4.89. The van der Waals surface area contributed by atoms with E-state index in [0.29, 0.717) is 5.02 Å². The van der Waals surface area contributed by atoms with Crippen molar-refractivity contribution in [1.82, 2.24) is 0 Å². The zero-order valence-corrected chi connectivity index (χ0v) is 12.1. The Morgan fingerprint density at radius 2 is 2.40 bits per heavy atom. The zero-order chi connectivity index (χ0) is 14.5. The summed E-state index contributed by atoms with van der Waals surface area (Å²) in [5.41, 5.74) is 1.74. The van der Waals surface area contributed by atoms with Crippen LogP contribution in [0, 0.1) is 0 Å². The van der Waals surface area contributed by atoms with Crippen LogP contribution in [0.25, 0.3) is 6.08 Å². The number of nitrogens with zero attached hydrogens (tertiary/aromatic N) is 1. The van der Waals surface area contributed by atoms with E-state index in [0.717, 1.165) is 43.3 Å². The third-order valence-electron chi connectivity index (χ3n) is 3.31. The summed E-state index contributed by atoms with van der Waals surface area (Å²) in [7, 11) is 1.98. The van der Waals surface area contributed by atoms with E-state index in [4.69, 9.17) is 21.4 Å². The zero-order valence-electron chi connectivity index (χ0n) is 11.4. The van der Waals surface area contributed by atoms with Crippen LogP contribution in [-0.4, -0.2) is 37.4 Å². The first-order valence-corrected chi connectivity index (χ1v) is 6.97. The van der Waals surface area contributed by atoms with Crippen LogP contribution in [0.4, 0.5) is 5.69 Å². The van der Waals surface area contributed by atoms with Gasteiger partial charge in [0.25, 0.3) is 0 Å². The summed E-state index contributed by atoms with van der Waals surface area (Å²) in [5, 5.41) is 9.34. The average molecular weight is 296 g/mol. The summed E-state index contributed by atoms with van der Waals surface area (Å²) >= 11 is 5.98. The van der Waals surface area contributed by atoms with Gasteiger partial charge in [0.2, 0.25) is 0 Å². The number of benzene rings is 1. The number of carboxylic acids is 1. The lowest BCUT2D eigenvalue weighted by molar-refractivity contribution is -0.131. The van der Waals surface area contributed by atoms with Crippen molar-refractivity contribution in [3.63, 3.8) is 0 Å². The predicted molar refractivity (Wildman–Crippen MR) is 80.4 cm³/mol. The lowest BCUT2D eigenvalue weighted by Gasteiger charge is -2.24. The minimum atomic E-state index is -0.974. The molecule has 108 valence electrons. The van der Waals surface area contributed by atoms with Gasteiger partial charge in [-0.2, -0.15) is 0 Å². The highest BCUT2D eigenvalue weighted by Gasteiger charge is 2.18. The SMILES string of the molecule is CN(CC1CCCO1)c1ccc(Cl)cc1/C=C/C(=O)O. The number of carbonyl (C=O) groups is 1. The first-order chi connectivity index (χ1) is 9.56. The van der Waals surface area contributed by atoms with Crippen LogP contribution in [0.2, 0.25) is 5.02 Å². The highest BCUT2D eigenvalue weighted by molar-refractivity contribution is 6.30.